The van der Waals surface area contributed by atoms with Crippen LogP contribution in [0.5, 0.6) is 0 Å². The molecule has 0 aliphatic rings. The lowest BCUT2D eigenvalue weighted by Crippen LogP contribution is -2.19. The fourth-order valence-electron chi connectivity index (χ4n) is 2.54. The van der Waals surface area contributed by atoms with Gasteiger partial charge < -0.3 is 15.2 Å². The number of nitrogens with two attached hydrogens (primary N) is 1. The highest BCUT2D eigenvalue weighted by Crippen LogP contribution is 2.26. The number of rotatable bonds is 5. The largest absolute Gasteiger partial charge is 0.369 e. The van der Waals surface area contributed by atoms with Crippen molar-refractivity contribution in [1.82, 2.24) is 9.47 Å². The molecule has 2 N–H and O–H groups in total. The highest BCUT2D eigenvalue weighted by molar-refractivity contribution is 5.90. The van der Waals surface area contributed by atoms with Gasteiger partial charge in [0, 0.05) is 36.6 Å². The Morgan fingerprint density at radius 3 is 2.63 bits per heavy atom. The monoisotopic (exact) mass is 259 g/mol. The van der Waals surface area contributed by atoms with Gasteiger partial charge in [0.25, 0.3) is 0 Å². The SMILES string of the molecule is CN(C)CCc1c(CC(N)=O)c2ccccc2n1C. The lowest BCUT2D eigenvalue weighted by atomic mass is 10.1. The van der Waals surface area contributed by atoms with Crippen molar-refractivity contribution in [3.05, 3.63) is 35.5 Å². The minimum atomic E-state index is -0.276. The summed E-state index contributed by atoms with van der Waals surface area (Å²) in [6.07, 6.45) is 1.23. The van der Waals surface area contributed by atoms with Crippen LogP contribution in [0.4, 0.5) is 0 Å². The Bertz CT molecular complexity index is 599. The van der Waals surface area contributed by atoms with Crippen molar-refractivity contribution < 1.29 is 4.79 Å². The maximum Gasteiger partial charge on any atom is 0.221 e. The Morgan fingerprint density at radius 1 is 1.32 bits per heavy atom. The number of aryl methyl sites for hydroxylation is 1. The van der Waals surface area contributed by atoms with Gasteiger partial charge in [0.15, 0.2) is 0 Å². The van der Waals surface area contributed by atoms with Crippen molar-refractivity contribution in [2.45, 2.75) is 12.8 Å². The number of hydrogen-bond donors (Lipinski definition) is 1. The van der Waals surface area contributed by atoms with E-state index in [0.29, 0.717) is 6.42 Å². The van der Waals surface area contributed by atoms with E-state index in [2.05, 4.69) is 42.7 Å². The zero-order chi connectivity index (χ0) is 14.0. The lowest BCUT2D eigenvalue weighted by molar-refractivity contribution is -0.117. The zero-order valence-corrected chi connectivity index (χ0v) is 11.8. The molecule has 0 aliphatic heterocycles. The third-order valence-corrected chi connectivity index (χ3v) is 3.49. The van der Waals surface area contributed by atoms with Gasteiger partial charge in [-0.3, -0.25) is 4.79 Å². The summed E-state index contributed by atoms with van der Waals surface area (Å²) in [5.74, 6) is -0.276. The molecule has 1 heterocycles. The van der Waals surface area contributed by atoms with E-state index in [1.807, 2.05) is 12.1 Å². The summed E-state index contributed by atoms with van der Waals surface area (Å²) < 4.78 is 2.18. The molecule has 1 amide bonds. The molecule has 0 unspecified atom stereocenters. The van der Waals surface area contributed by atoms with Crippen LogP contribution in [-0.2, 0) is 24.7 Å². The van der Waals surface area contributed by atoms with E-state index >= 15 is 0 Å². The summed E-state index contributed by atoms with van der Waals surface area (Å²) in [5, 5.41) is 1.14. The molecule has 19 heavy (non-hydrogen) atoms. The van der Waals surface area contributed by atoms with Crippen LogP contribution in [0.3, 0.4) is 0 Å². The van der Waals surface area contributed by atoms with E-state index in [1.165, 1.54) is 5.69 Å². The average molecular weight is 259 g/mol. The van der Waals surface area contributed by atoms with Gasteiger partial charge in [-0.15, -0.1) is 0 Å². The van der Waals surface area contributed by atoms with Gasteiger partial charge in [0.1, 0.15) is 0 Å². The van der Waals surface area contributed by atoms with E-state index < -0.39 is 0 Å². The molecule has 102 valence electrons. The van der Waals surface area contributed by atoms with Gasteiger partial charge in [-0.1, -0.05) is 18.2 Å². The minimum Gasteiger partial charge on any atom is -0.369 e. The first-order valence-electron chi connectivity index (χ1n) is 6.49. The fraction of sp³-hybridized carbons (Fsp3) is 0.400. The smallest absolute Gasteiger partial charge is 0.221 e. The predicted molar refractivity (Wildman–Crippen MR) is 78.1 cm³/mol. The first-order chi connectivity index (χ1) is 9.00. The van der Waals surface area contributed by atoms with Crippen LogP contribution in [0.1, 0.15) is 11.3 Å². The quantitative estimate of drug-likeness (QED) is 0.880. The van der Waals surface area contributed by atoms with Gasteiger partial charge >= 0.3 is 0 Å². The Hall–Kier alpha value is -1.81. The van der Waals surface area contributed by atoms with Crippen molar-refractivity contribution in [2.24, 2.45) is 12.8 Å². The Balaban J connectivity index is 2.52. The Kier molecular flexibility index (Phi) is 3.90. The van der Waals surface area contributed by atoms with Crippen molar-refractivity contribution >= 4 is 16.8 Å². The average Bonchev–Trinajstić information content (AvgIpc) is 2.60. The lowest BCUT2D eigenvalue weighted by Gasteiger charge is -2.12. The molecule has 1 aromatic heterocycles. The van der Waals surface area contributed by atoms with Crippen LogP contribution in [0.25, 0.3) is 10.9 Å². The molecule has 2 aromatic rings. The summed E-state index contributed by atoms with van der Waals surface area (Å²) in [4.78, 5) is 13.5. The van der Waals surface area contributed by atoms with Crippen LogP contribution in [0.15, 0.2) is 24.3 Å². The summed E-state index contributed by atoms with van der Waals surface area (Å²) >= 11 is 0. The molecule has 0 spiro atoms. The van der Waals surface area contributed by atoms with Crippen LogP contribution in [0.2, 0.25) is 0 Å². The summed E-state index contributed by atoms with van der Waals surface area (Å²) in [7, 11) is 6.16. The van der Waals surface area contributed by atoms with Gasteiger partial charge in [-0.25, -0.2) is 0 Å². The van der Waals surface area contributed by atoms with E-state index in [0.717, 1.165) is 29.4 Å². The highest BCUT2D eigenvalue weighted by atomic mass is 16.1. The zero-order valence-electron chi connectivity index (χ0n) is 11.8. The number of carbonyl (C=O) groups excluding carboxylic acids is 1. The molecular formula is C15H21N3O. The second-order valence-electron chi connectivity index (χ2n) is 5.20. The number of para-hydroxylation sites is 1. The predicted octanol–water partition coefficient (Wildman–Crippen LogP) is 1.31. The third-order valence-electron chi connectivity index (χ3n) is 3.49. The number of primary amides is 1. The summed E-state index contributed by atoms with van der Waals surface area (Å²) in [6.45, 7) is 0.954. The molecule has 4 heteroatoms. The van der Waals surface area contributed by atoms with Crippen molar-refractivity contribution in [3.63, 3.8) is 0 Å². The summed E-state index contributed by atoms with van der Waals surface area (Å²) in [5.41, 5.74) is 8.83. The number of fused-ring (bicyclic) bond motifs is 1. The molecule has 4 nitrogen and oxygen atoms in total. The molecule has 0 radical (unpaired) electrons. The summed E-state index contributed by atoms with van der Waals surface area (Å²) in [6, 6.07) is 8.17. The van der Waals surface area contributed by atoms with E-state index in [1.54, 1.807) is 0 Å². The second-order valence-corrected chi connectivity index (χ2v) is 5.20. The molecule has 0 fully saturated rings. The fourth-order valence-corrected chi connectivity index (χ4v) is 2.54. The van der Waals surface area contributed by atoms with Crippen LogP contribution >= 0.6 is 0 Å². The molecule has 0 saturated heterocycles. The number of carbonyl (C=O) groups is 1. The number of benzene rings is 1. The van der Waals surface area contributed by atoms with E-state index in [-0.39, 0.29) is 5.91 Å². The third kappa shape index (κ3) is 2.79. The van der Waals surface area contributed by atoms with E-state index in [4.69, 9.17) is 5.73 Å². The van der Waals surface area contributed by atoms with Crippen molar-refractivity contribution in [2.75, 3.05) is 20.6 Å². The molecule has 0 aliphatic carbocycles. The standard InChI is InChI=1S/C15H21N3O/c1-17(2)9-8-14-12(10-15(16)19)11-6-4-5-7-13(11)18(14)3/h4-7H,8-10H2,1-3H3,(H2,16,19). The van der Waals surface area contributed by atoms with Gasteiger partial charge in [-0.05, 0) is 25.7 Å². The molecule has 1 aromatic carbocycles. The number of aromatic nitrogens is 1. The number of hydrogen-bond acceptors (Lipinski definition) is 2. The maximum atomic E-state index is 11.3. The first kappa shape index (κ1) is 13.6. The Morgan fingerprint density at radius 2 is 2.00 bits per heavy atom. The highest BCUT2D eigenvalue weighted by Gasteiger charge is 2.16. The molecule has 0 saturated carbocycles. The number of nitrogens with zero attached hydrogens (tertiary/aromatic N) is 2. The second kappa shape index (κ2) is 5.45. The Labute approximate surface area is 113 Å². The maximum absolute atomic E-state index is 11.3. The van der Waals surface area contributed by atoms with Crippen LogP contribution < -0.4 is 5.73 Å². The molecule has 0 bridgehead atoms. The van der Waals surface area contributed by atoms with Crippen LogP contribution in [0, 0.1) is 0 Å². The number of likely N-dealkylation sites (N-methyl/N-ethyl adjacent to an activating group) is 1. The van der Waals surface area contributed by atoms with Gasteiger partial charge in [0.05, 0.1) is 6.42 Å². The van der Waals surface area contributed by atoms with Crippen molar-refractivity contribution in [3.8, 4) is 0 Å². The van der Waals surface area contributed by atoms with E-state index in [9.17, 15) is 4.79 Å². The van der Waals surface area contributed by atoms with Crippen molar-refractivity contribution in [1.29, 1.82) is 0 Å². The van der Waals surface area contributed by atoms with Gasteiger partial charge in [0.2, 0.25) is 5.91 Å². The number of amides is 1. The molecular weight excluding hydrogens is 238 g/mol. The van der Waals surface area contributed by atoms with Gasteiger partial charge in [-0.2, -0.15) is 0 Å². The normalized spacial score (nSPS) is 11.4. The first-order valence-corrected chi connectivity index (χ1v) is 6.49. The minimum absolute atomic E-state index is 0.276. The molecule has 2 rings (SSSR count). The topological polar surface area (TPSA) is 51.3 Å². The van der Waals surface area contributed by atoms with Crippen LogP contribution in [-0.4, -0.2) is 36.0 Å². The molecule has 0 atom stereocenters.